The molecular formula is C19H22N2O3. The first kappa shape index (κ1) is 15.4. The summed E-state index contributed by atoms with van der Waals surface area (Å²) in [7, 11) is 0. The highest BCUT2D eigenvalue weighted by Gasteiger charge is 2.31. The Morgan fingerprint density at radius 1 is 1.00 bits per heavy atom. The Bertz CT molecular complexity index is 692. The average Bonchev–Trinajstić information content (AvgIpc) is 2.95. The fourth-order valence-electron chi connectivity index (χ4n) is 3.54. The lowest BCUT2D eigenvalue weighted by molar-refractivity contribution is 0.141. The second kappa shape index (κ2) is 6.79. The van der Waals surface area contributed by atoms with E-state index in [4.69, 9.17) is 9.47 Å². The number of ether oxygens (including phenoxy) is 2. The number of aromatic nitrogens is 1. The minimum absolute atomic E-state index is 0.268. The third-order valence-electron chi connectivity index (χ3n) is 4.74. The minimum atomic E-state index is -0.282. The van der Waals surface area contributed by atoms with Gasteiger partial charge in [-0.2, -0.15) is 0 Å². The molecule has 0 spiro atoms. The van der Waals surface area contributed by atoms with Gasteiger partial charge in [-0.1, -0.05) is 6.07 Å². The molecule has 0 unspecified atom stereocenters. The second-order valence-electron chi connectivity index (χ2n) is 6.56. The molecule has 2 atom stereocenters. The maximum atomic E-state index is 10.4. The number of β-amino-alcohol motifs (C(OH)–C–C–N with tert-alkyl or cyclic N) is 1. The number of benzene rings is 1. The lowest BCUT2D eigenvalue weighted by atomic mass is 9.97. The largest absolute Gasteiger partial charge is 0.486 e. The summed E-state index contributed by atoms with van der Waals surface area (Å²) in [5, 5.41) is 10.4. The molecule has 0 saturated carbocycles. The first-order valence-corrected chi connectivity index (χ1v) is 8.46. The van der Waals surface area contributed by atoms with E-state index in [0.29, 0.717) is 19.8 Å². The van der Waals surface area contributed by atoms with E-state index >= 15 is 0 Å². The van der Waals surface area contributed by atoms with Crippen LogP contribution in [0.4, 0.5) is 0 Å². The molecule has 2 aliphatic heterocycles. The quantitative estimate of drug-likeness (QED) is 0.930. The molecule has 2 aliphatic rings. The Hall–Kier alpha value is -2.11. The maximum Gasteiger partial charge on any atom is 0.161 e. The monoisotopic (exact) mass is 326 g/mol. The molecule has 1 fully saturated rings. The summed E-state index contributed by atoms with van der Waals surface area (Å²) >= 11 is 0. The molecule has 24 heavy (non-hydrogen) atoms. The van der Waals surface area contributed by atoms with Crippen LogP contribution in [0.2, 0.25) is 0 Å². The highest BCUT2D eigenvalue weighted by molar-refractivity contribution is 5.43. The Kier molecular flexibility index (Phi) is 4.36. The van der Waals surface area contributed by atoms with Crippen LogP contribution in [-0.2, 0) is 13.0 Å². The molecule has 0 aliphatic carbocycles. The molecule has 0 bridgehead atoms. The zero-order valence-electron chi connectivity index (χ0n) is 13.6. The van der Waals surface area contributed by atoms with Crippen molar-refractivity contribution in [3.05, 3.63) is 53.9 Å². The van der Waals surface area contributed by atoms with Crippen LogP contribution in [-0.4, -0.2) is 47.4 Å². The molecule has 1 saturated heterocycles. The van der Waals surface area contributed by atoms with E-state index in [0.717, 1.165) is 31.0 Å². The normalized spacial score (nSPS) is 23.4. The standard InChI is InChI=1S/C19H22N2O3/c22-17-13-21(12-16(17)9-14-3-5-20-6-4-14)11-15-1-2-18-19(10-15)24-8-7-23-18/h1-6,10,16-17,22H,7-9,11-13H2/t16-,17-/m1/s1. The number of hydrogen-bond acceptors (Lipinski definition) is 5. The van der Waals surface area contributed by atoms with E-state index in [2.05, 4.69) is 22.0 Å². The van der Waals surface area contributed by atoms with Crippen molar-refractivity contribution >= 4 is 0 Å². The number of rotatable bonds is 4. The summed E-state index contributed by atoms with van der Waals surface area (Å²) in [4.78, 5) is 6.36. The average molecular weight is 326 g/mol. The first-order chi connectivity index (χ1) is 11.8. The van der Waals surface area contributed by atoms with E-state index in [1.807, 2.05) is 30.6 Å². The summed E-state index contributed by atoms with van der Waals surface area (Å²) in [6.45, 7) is 3.65. The van der Waals surface area contributed by atoms with Crippen molar-refractivity contribution in [2.24, 2.45) is 5.92 Å². The number of pyridine rings is 1. The number of fused-ring (bicyclic) bond motifs is 1. The van der Waals surface area contributed by atoms with Crippen LogP contribution in [0.15, 0.2) is 42.7 Å². The van der Waals surface area contributed by atoms with Gasteiger partial charge in [-0.3, -0.25) is 9.88 Å². The van der Waals surface area contributed by atoms with Gasteiger partial charge in [0, 0.05) is 37.9 Å². The van der Waals surface area contributed by atoms with E-state index < -0.39 is 0 Å². The highest BCUT2D eigenvalue weighted by Crippen LogP contribution is 2.32. The minimum Gasteiger partial charge on any atom is -0.486 e. The predicted octanol–water partition coefficient (Wildman–Crippen LogP) is 1.89. The van der Waals surface area contributed by atoms with Gasteiger partial charge in [0.2, 0.25) is 0 Å². The zero-order chi connectivity index (χ0) is 16.4. The molecular weight excluding hydrogens is 304 g/mol. The van der Waals surface area contributed by atoms with Gasteiger partial charge in [0.25, 0.3) is 0 Å². The fraction of sp³-hybridized carbons (Fsp3) is 0.421. The van der Waals surface area contributed by atoms with Crippen LogP contribution in [0.1, 0.15) is 11.1 Å². The Balaban J connectivity index is 1.39. The third kappa shape index (κ3) is 3.37. The Labute approximate surface area is 141 Å². The summed E-state index contributed by atoms with van der Waals surface area (Å²) < 4.78 is 11.2. The number of hydrogen-bond donors (Lipinski definition) is 1. The van der Waals surface area contributed by atoms with Gasteiger partial charge in [0.1, 0.15) is 13.2 Å². The molecule has 0 amide bonds. The number of likely N-dealkylation sites (tertiary alicyclic amines) is 1. The molecule has 4 rings (SSSR count). The van der Waals surface area contributed by atoms with Gasteiger partial charge >= 0.3 is 0 Å². The van der Waals surface area contributed by atoms with E-state index in [1.165, 1.54) is 11.1 Å². The number of aliphatic hydroxyl groups is 1. The third-order valence-corrected chi connectivity index (χ3v) is 4.74. The van der Waals surface area contributed by atoms with Gasteiger partial charge < -0.3 is 14.6 Å². The second-order valence-corrected chi connectivity index (χ2v) is 6.56. The van der Waals surface area contributed by atoms with Gasteiger partial charge in [0.15, 0.2) is 11.5 Å². The topological polar surface area (TPSA) is 54.8 Å². The molecule has 5 nitrogen and oxygen atoms in total. The van der Waals surface area contributed by atoms with Crippen molar-refractivity contribution in [3.63, 3.8) is 0 Å². The van der Waals surface area contributed by atoms with Gasteiger partial charge in [0.05, 0.1) is 6.10 Å². The summed E-state index contributed by atoms with van der Waals surface area (Å²) in [5.74, 6) is 1.92. The Morgan fingerprint density at radius 3 is 2.62 bits per heavy atom. The molecule has 1 aromatic carbocycles. The highest BCUT2D eigenvalue weighted by atomic mass is 16.6. The van der Waals surface area contributed by atoms with Crippen molar-refractivity contribution in [1.29, 1.82) is 0 Å². The smallest absolute Gasteiger partial charge is 0.161 e. The van der Waals surface area contributed by atoms with Crippen molar-refractivity contribution < 1.29 is 14.6 Å². The SMILES string of the molecule is O[C@@H]1CN(Cc2ccc3c(c2)OCCO3)C[C@H]1Cc1ccncc1. The van der Waals surface area contributed by atoms with Crippen LogP contribution in [0.5, 0.6) is 11.5 Å². The van der Waals surface area contributed by atoms with Gasteiger partial charge in [-0.25, -0.2) is 0 Å². The number of aliphatic hydroxyl groups excluding tert-OH is 1. The van der Waals surface area contributed by atoms with Gasteiger partial charge in [-0.15, -0.1) is 0 Å². The number of nitrogens with zero attached hydrogens (tertiary/aromatic N) is 2. The van der Waals surface area contributed by atoms with Crippen LogP contribution in [0, 0.1) is 5.92 Å². The van der Waals surface area contributed by atoms with Crippen molar-refractivity contribution in [2.45, 2.75) is 19.1 Å². The summed E-state index contributed by atoms with van der Waals surface area (Å²) in [6, 6.07) is 10.2. The molecule has 3 heterocycles. The van der Waals surface area contributed by atoms with Gasteiger partial charge in [-0.05, 0) is 41.8 Å². The summed E-state index contributed by atoms with van der Waals surface area (Å²) in [5.41, 5.74) is 2.42. The van der Waals surface area contributed by atoms with E-state index in [9.17, 15) is 5.11 Å². The van der Waals surface area contributed by atoms with Crippen molar-refractivity contribution in [3.8, 4) is 11.5 Å². The predicted molar refractivity (Wildman–Crippen MR) is 90.1 cm³/mol. The van der Waals surface area contributed by atoms with E-state index in [-0.39, 0.29) is 12.0 Å². The van der Waals surface area contributed by atoms with Crippen LogP contribution in [0.25, 0.3) is 0 Å². The maximum absolute atomic E-state index is 10.4. The molecule has 1 N–H and O–H groups in total. The lowest BCUT2D eigenvalue weighted by Gasteiger charge is -2.20. The zero-order valence-corrected chi connectivity index (χ0v) is 13.6. The Morgan fingerprint density at radius 2 is 1.79 bits per heavy atom. The van der Waals surface area contributed by atoms with Crippen molar-refractivity contribution in [2.75, 3.05) is 26.3 Å². The molecule has 2 aromatic rings. The molecule has 0 radical (unpaired) electrons. The lowest BCUT2D eigenvalue weighted by Crippen LogP contribution is -2.22. The first-order valence-electron chi connectivity index (χ1n) is 8.46. The van der Waals surface area contributed by atoms with Crippen LogP contribution < -0.4 is 9.47 Å². The molecule has 1 aromatic heterocycles. The molecule has 5 heteroatoms. The fourth-order valence-corrected chi connectivity index (χ4v) is 3.54. The molecule has 126 valence electrons. The van der Waals surface area contributed by atoms with Crippen molar-refractivity contribution in [1.82, 2.24) is 9.88 Å². The van der Waals surface area contributed by atoms with Crippen LogP contribution >= 0.6 is 0 Å². The van der Waals surface area contributed by atoms with Crippen LogP contribution in [0.3, 0.4) is 0 Å². The summed E-state index contributed by atoms with van der Waals surface area (Å²) in [6.07, 6.45) is 4.23. The van der Waals surface area contributed by atoms with E-state index in [1.54, 1.807) is 0 Å².